The Balaban J connectivity index is 1.16. The largest absolute Gasteiger partial charge is 0.376 e. The van der Waals surface area contributed by atoms with Gasteiger partial charge in [-0.3, -0.25) is 0 Å². The second-order valence-electron chi connectivity index (χ2n) is 16.9. The summed E-state index contributed by atoms with van der Waals surface area (Å²) in [7, 11) is 0. The minimum Gasteiger partial charge on any atom is -0.376 e. The topological polar surface area (TPSA) is 6.48 Å². The fourth-order valence-corrected chi connectivity index (χ4v) is 10.1. The SMILES string of the molecule is Cc1ccccc1-c1cc2c3c(c1)N(c1ccc(-c4ccccc4)cc1)c1ccc(-c4ccccc4)cc1B3N(c1ccc(-c3ccccc3)cc1)c1ccc(-c3ccccc3)cc1-2. The Bertz CT molecular complexity index is 3310. The molecule has 0 fully saturated rings. The Morgan fingerprint density at radius 1 is 0.297 bits per heavy atom. The van der Waals surface area contributed by atoms with E-state index in [1.54, 1.807) is 0 Å². The van der Waals surface area contributed by atoms with Crippen LogP contribution in [0.1, 0.15) is 5.56 Å². The first-order valence-corrected chi connectivity index (χ1v) is 22.2. The second kappa shape index (κ2) is 15.6. The first-order valence-electron chi connectivity index (χ1n) is 22.2. The van der Waals surface area contributed by atoms with Crippen LogP contribution in [-0.4, -0.2) is 6.85 Å². The van der Waals surface area contributed by atoms with Crippen molar-refractivity contribution < 1.29 is 0 Å². The molecule has 10 aromatic carbocycles. The van der Waals surface area contributed by atoms with Crippen molar-refractivity contribution in [1.82, 2.24) is 0 Å². The van der Waals surface area contributed by atoms with Gasteiger partial charge in [0, 0.05) is 34.0 Å². The summed E-state index contributed by atoms with van der Waals surface area (Å²) in [6.45, 7) is 2.10. The summed E-state index contributed by atoms with van der Waals surface area (Å²) in [5.41, 5.74) is 24.2. The fraction of sp³-hybridized carbons (Fsp3) is 0.0164. The van der Waals surface area contributed by atoms with Crippen molar-refractivity contribution in [3.63, 3.8) is 0 Å². The summed E-state index contributed by atoms with van der Waals surface area (Å²) < 4.78 is 0. The van der Waals surface area contributed by atoms with Crippen LogP contribution < -0.4 is 20.6 Å². The number of hydrogen-bond acceptors (Lipinski definition) is 2. The highest BCUT2D eigenvalue weighted by Crippen LogP contribution is 2.49. The molecule has 0 saturated heterocycles. The Morgan fingerprint density at radius 2 is 0.734 bits per heavy atom. The highest BCUT2D eigenvalue weighted by atomic mass is 15.2. The predicted molar refractivity (Wildman–Crippen MR) is 272 cm³/mol. The van der Waals surface area contributed by atoms with E-state index in [1.807, 2.05) is 0 Å². The lowest BCUT2D eigenvalue weighted by Gasteiger charge is -2.46. The number of anilines is 5. The molecule has 0 atom stereocenters. The zero-order chi connectivity index (χ0) is 42.6. The molecule has 0 spiro atoms. The Morgan fingerprint density at radius 3 is 1.30 bits per heavy atom. The third kappa shape index (κ3) is 6.44. The number of nitrogens with zero attached hydrogens (tertiary/aromatic N) is 2. The molecule has 0 radical (unpaired) electrons. The number of aryl methyl sites for hydroxylation is 1. The fourth-order valence-electron chi connectivity index (χ4n) is 10.1. The third-order valence-corrected chi connectivity index (χ3v) is 13.2. The molecule has 2 aliphatic heterocycles. The van der Waals surface area contributed by atoms with Crippen LogP contribution >= 0.6 is 0 Å². The van der Waals surface area contributed by atoms with Gasteiger partial charge in [0.15, 0.2) is 0 Å². The van der Waals surface area contributed by atoms with Crippen LogP contribution in [0.15, 0.2) is 243 Å². The molecular formula is C61H43BN2. The van der Waals surface area contributed by atoms with E-state index in [9.17, 15) is 0 Å². The van der Waals surface area contributed by atoms with Gasteiger partial charge in [-0.2, -0.15) is 0 Å². The van der Waals surface area contributed by atoms with Gasteiger partial charge in [0.05, 0.1) is 0 Å². The van der Waals surface area contributed by atoms with Gasteiger partial charge in [0.25, 0.3) is 0 Å². The molecular weight excluding hydrogens is 771 g/mol. The van der Waals surface area contributed by atoms with E-state index < -0.39 is 0 Å². The van der Waals surface area contributed by atoms with Crippen LogP contribution in [-0.2, 0) is 0 Å². The zero-order valence-electron chi connectivity index (χ0n) is 35.6. The highest BCUT2D eigenvalue weighted by Gasteiger charge is 2.45. The summed E-state index contributed by atoms with van der Waals surface area (Å²) in [5.74, 6) is 0. The molecule has 2 heterocycles. The van der Waals surface area contributed by atoms with Crippen molar-refractivity contribution in [2.75, 3.05) is 9.71 Å². The average Bonchev–Trinajstić information content (AvgIpc) is 3.37. The molecule has 64 heavy (non-hydrogen) atoms. The standard InChI is InChI=1S/C61H43BN2/c1-42-16-14-15-25-54(42)51-39-56-55-38-49(45-21-10-4-11-22-45)30-36-58(55)64(53-34-28-48(29-35-53)44-19-8-3-9-20-44)62-57-40-50(46-23-12-5-13-24-46)31-37-59(57)63(60(41-51)61(56)62)52-32-26-47(27-33-52)43-17-6-2-7-18-43/h2-41H,1H3. The van der Waals surface area contributed by atoms with Gasteiger partial charge >= 0.3 is 6.85 Å². The van der Waals surface area contributed by atoms with Gasteiger partial charge in [-0.15, -0.1) is 0 Å². The van der Waals surface area contributed by atoms with Crippen LogP contribution in [0.4, 0.5) is 28.4 Å². The quantitative estimate of drug-likeness (QED) is 0.148. The lowest BCUT2D eigenvalue weighted by molar-refractivity contribution is 1.27. The minimum atomic E-state index is -0.132. The summed E-state index contributed by atoms with van der Waals surface area (Å²) in [5, 5.41) is 0. The molecule has 0 N–H and O–H groups in total. The molecule has 10 aromatic rings. The minimum absolute atomic E-state index is 0.132. The normalized spacial score (nSPS) is 12.4. The van der Waals surface area contributed by atoms with E-state index >= 15 is 0 Å². The summed E-state index contributed by atoms with van der Waals surface area (Å²) in [4.78, 5) is 5.14. The van der Waals surface area contributed by atoms with Crippen molar-refractivity contribution in [1.29, 1.82) is 0 Å². The Kier molecular flexibility index (Phi) is 9.20. The van der Waals surface area contributed by atoms with Crippen molar-refractivity contribution >= 4 is 46.2 Å². The first-order chi connectivity index (χ1) is 31.7. The monoisotopic (exact) mass is 814 g/mol. The molecule has 2 aliphatic rings. The molecule has 0 aliphatic carbocycles. The number of hydrogen-bond donors (Lipinski definition) is 0. The van der Waals surface area contributed by atoms with Gasteiger partial charge in [0.1, 0.15) is 0 Å². The molecule has 3 heteroatoms. The lowest BCUT2D eigenvalue weighted by atomic mass is 9.43. The van der Waals surface area contributed by atoms with Crippen molar-refractivity contribution in [2.45, 2.75) is 6.92 Å². The van der Waals surface area contributed by atoms with E-state index in [2.05, 4.69) is 259 Å². The van der Waals surface area contributed by atoms with Crippen LogP contribution in [0, 0.1) is 6.92 Å². The molecule has 0 bridgehead atoms. The van der Waals surface area contributed by atoms with Gasteiger partial charge in [0.2, 0.25) is 0 Å². The Hall–Kier alpha value is -8.14. The summed E-state index contributed by atoms with van der Waals surface area (Å²) in [6.07, 6.45) is 0. The van der Waals surface area contributed by atoms with E-state index in [1.165, 1.54) is 100 Å². The lowest BCUT2D eigenvalue weighted by Crippen LogP contribution is -2.61. The maximum absolute atomic E-state index is 2.61. The molecule has 2 nitrogen and oxygen atoms in total. The molecule has 12 rings (SSSR count). The van der Waals surface area contributed by atoms with Crippen LogP contribution in [0.5, 0.6) is 0 Å². The van der Waals surface area contributed by atoms with Gasteiger partial charge < -0.3 is 9.71 Å². The van der Waals surface area contributed by atoms with E-state index in [-0.39, 0.29) is 6.85 Å². The van der Waals surface area contributed by atoms with Gasteiger partial charge in [-0.05, 0) is 139 Å². The number of rotatable bonds is 7. The van der Waals surface area contributed by atoms with Crippen molar-refractivity contribution in [3.05, 3.63) is 248 Å². The predicted octanol–water partition coefficient (Wildman–Crippen LogP) is 15.0. The van der Waals surface area contributed by atoms with E-state index in [4.69, 9.17) is 0 Å². The first kappa shape index (κ1) is 37.6. The van der Waals surface area contributed by atoms with Crippen LogP contribution in [0.25, 0.3) is 66.8 Å². The van der Waals surface area contributed by atoms with Crippen molar-refractivity contribution in [3.8, 4) is 66.8 Å². The number of fused-ring (bicyclic) bond motifs is 4. The van der Waals surface area contributed by atoms with E-state index in [0.29, 0.717) is 0 Å². The number of benzene rings is 10. The van der Waals surface area contributed by atoms with Gasteiger partial charge in [-0.1, -0.05) is 188 Å². The Labute approximate surface area is 376 Å². The van der Waals surface area contributed by atoms with Crippen LogP contribution in [0.3, 0.4) is 0 Å². The molecule has 0 amide bonds. The molecule has 0 unspecified atom stereocenters. The third-order valence-electron chi connectivity index (χ3n) is 13.2. The van der Waals surface area contributed by atoms with Crippen molar-refractivity contribution in [2.24, 2.45) is 0 Å². The smallest absolute Gasteiger partial charge is 0.333 e. The second-order valence-corrected chi connectivity index (χ2v) is 16.9. The van der Waals surface area contributed by atoms with E-state index in [0.717, 1.165) is 11.4 Å². The molecule has 0 aromatic heterocycles. The maximum Gasteiger partial charge on any atom is 0.333 e. The molecule has 300 valence electrons. The van der Waals surface area contributed by atoms with Crippen LogP contribution in [0.2, 0.25) is 0 Å². The highest BCUT2D eigenvalue weighted by molar-refractivity contribution is 6.93. The molecule has 0 saturated carbocycles. The zero-order valence-corrected chi connectivity index (χ0v) is 35.6. The average molecular weight is 815 g/mol. The maximum atomic E-state index is 2.61. The summed E-state index contributed by atoms with van der Waals surface area (Å²) >= 11 is 0. The summed E-state index contributed by atoms with van der Waals surface area (Å²) in [6, 6.07) is 89.3. The van der Waals surface area contributed by atoms with Gasteiger partial charge in [-0.25, -0.2) is 0 Å².